The minimum atomic E-state index is -5.10. The van der Waals surface area contributed by atoms with E-state index in [0.29, 0.717) is 34.5 Å². The third-order valence-corrected chi connectivity index (χ3v) is 7.79. The zero-order valence-corrected chi connectivity index (χ0v) is 23.5. The van der Waals surface area contributed by atoms with Crippen molar-refractivity contribution in [1.29, 1.82) is 0 Å². The van der Waals surface area contributed by atoms with E-state index in [1.807, 2.05) is 0 Å². The lowest BCUT2D eigenvalue weighted by molar-refractivity contribution is -0.143. The predicted molar refractivity (Wildman–Crippen MR) is 144 cm³/mol. The molecule has 1 aliphatic rings. The van der Waals surface area contributed by atoms with Crippen molar-refractivity contribution in [2.75, 3.05) is 25.1 Å². The molecule has 4 rings (SSSR count). The Morgan fingerprint density at radius 2 is 1.56 bits per heavy atom. The molecule has 0 radical (unpaired) electrons. The summed E-state index contributed by atoms with van der Waals surface area (Å²) in [4.78, 5) is 31.5. The highest BCUT2D eigenvalue weighted by atomic mass is 19.4. The van der Waals surface area contributed by atoms with Crippen LogP contribution in [0.5, 0.6) is 0 Å². The molecule has 0 saturated carbocycles. The number of halogens is 7. The molecule has 230 valence electrons. The van der Waals surface area contributed by atoms with Crippen LogP contribution < -0.4 is 10.2 Å². The zero-order valence-electron chi connectivity index (χ0n) is 23.5. The standard InChI is InChI=1S/C30H28F7N3O3/c1-15-7-19(31)5-6-20(15)21-11-24(22-12-39-26(42)23(22)14-41)38-13-25(21)40(4)27(43)28(2,3)16-8-17(29(32,33)34)10-18(9-16)30(35,36)37/h5-11,13,22-23,41H,12,14H2,1-4H3,(H,39,42)/t22-,23+/m0/s1. The molecular formula is C30H28F7N3O3. The number of alkyl halides is 6. The van der Waals surface area contributed by atoms with Gasteiger partial charge in [-0.15, -0.1) is 0 Å². The number of benzene rings is 2. The summed E-state index contributed by atoms with van der Waals surface area (Å²) in [6.45, 7) is 3.78. The van der Waals surface area contributed by atoms with Crippen LogP contribution in [-0.4, -0.2) is 42.1 Å². The summed E-state index contributed by atoms with van der Waals surface area (Å²) in [6.07, 6.45) is -8.90. The van der Waals surface area contributed by atoms with Crippen molar-refractivity contribution in [3.63, 3.8) is 0 Å². The monoisotopic (exact) mass is 611 g/mol. The number of aryl methyl sites for hydroxylation is 1. The Bertz CT molecular complexity index is 1540. The van der Waals surface area contributed by atoms with Crippen LogP contribution in [0.2, 0.25) is 0 Å². The van der Waals surface area contributed by atoms with Crippen LogP contribution >= 0.6 is 0 Å². The average Bonchev–Trinajstić information content (AvgIpc) is 3.31. The summed E-state index contributed by atoms with van der Waals surface area (Å²) in [5.74, 6) is -3.07. The molecule has 6 nitrogen and oxygen atoms in total. The number of amides is 2. The van der Waals surface area contributed by atoms with Crippen LogP contribution in [0.1, 0.15) is 47.7 Å². The average molecular weight is 612 g/mol. The number of nitrogens with one attached hydrogen (secondary N) is 1. The Labute approximate surface area is 242 Å². The summed E-state index contributed by atoms with van der Waals surface area (Å²) < 4.78 is 95.3. The molecule has 2 heterocycles. The zero-order chi connectivity index (χ0) is 32.1. The van der Waals surface area contributed by atoms with Gasteiger partial charge in [0.25, 0.3) is 0 Å². The number of hydrogen-bond donors (Lipinski definition) is 2. The van der Waals surface area contributed by atoms with E-state index in [9.17, 15) is 45.4 Å². The first-order chi connectivity index (χ1) is 19.9. The van der Waals surface area contributed by atoms with Gasteiger partial charge in [0.1, 0.15) is 5.82 Å². The van der Waals surface area contributed by atoms with Gasteiger partial charge in [0.05, 0.1) is 41.0 Å². The second kappa shape index (κ2) is 11.3. The third kappa shape index (κ3) is 6.22. The number of anilines is 1. The molecule has 0 aliphatic carbocycles. The molecule has 1 aliphatic heterocycles. The summed E-state index contributed by atoms with van der Waals surface area (Å²) >= 11 is 0. The van der Waals surface area contributed by atoms with E-state index in [2.05, 4.69) is 10.3 Å². The SMILES string of the molecule is Cc1cc(F)ccc1-c1cc([C@H]2CNC(=O)[C@@H]2CO)ncc1N(C)C(=O)C(C)(C)c1cc(C(F)(F)F)cc(C(F)(F)F)c1. The lowest BCUT2D eigenvalue weighted by Gasteiger charge is -2.32. The van der Waals surface area contributed by atoms with Crippen molar-refractivity contribution in [2.24, 2.45) is 5.92 Å². The van der Waals surface area contributed by atoms with E-state index in [1.165, 1.54) is 45.3 Å². The smallest absolute Gasteiger partial charge is 0.396 e. The number of aromatic nitrogens is 1. The molecule has 2 aromatic carbocycles. The molecule has 2 N–H and O–H groups in total. The summed E-state index contributed by atoms with van der Waals surface area (Å²) in [5.41, 5.74) is -3.68. The molecule has 0 bridgehead atoms. The maximum atomic E-state index is 14.0. The Balaban J connectivity index is 1.84. The van der Waals surface area contributed by atoms with Gasteiger partial charge in [-0.1, -0.05) is 6.07 Å². The highest BCUT2D eigenvalue weighted by molar-refractivity contribution is 6.03. The Morgan fingerprint density at radius 1 is 0.977 bits per heavy atom. The normalized spacial score (nSPS) is 17.6. The number of carbonyl (C=O) groups excluding carboxylic acids is 2. The number of aliphatic hydroxyl groups excluding tert-OH is 1. The Hall–Kier alpha value is -4.00. The molecule has 1 fully saturated rings. The van der Waals surface area contributed by atoms with E-state index in [-0.39, 0.29) is 24.2 Å². The largest absolute Gasteiger partial charge is 0.416 e. The first kappa shape index (κ1) is 31.9. The molecule has 0 unspecified atom stereocenters. The minimum absolute atomic E-state index is 0.00585. The number of nitrogens with zero attached hydrogens (tertiary/aromatic N) is 2. The summed E-state index contributed by atoms with van der Waals surface area (Å²) in [5, 5.41) is 12.4. The van der Waals surface area contributed by atoms with Crippen molar-refractivity contribution >= 4 is 17.5 Å². The van der Waals surface area contributed by atoms with Gasteiger partial charge in [0.15, 0.2) is 0 Å². The van der Waals surface area contributed by atoms with Crippen molar-refractivity contribution in [1.82, 2.24) is 10.3 Å². The summed E-state index contributed by atoms with van der Waals surface area (Å²) in [6, 6.07) is 6.51. The van der Waals surface area contributed by atoms with Gasteiger partial charge < -0.3 is 15.3 Å². The van der Waals surface area contributed by atoms with Crippen LogP contribution in [-0.2, 0) is 27.4 Å². The molecule has 43 heavy (non-hydrogen) atoms. The van der Waals surface area contributed by atoms with Gasteiger partial charge in [0.2, 0.25) is 11.8 Å². The second-order valence-electron chi connectivity index (χ2n) is 11.0. The van der Waals surface area contributed by atoms with Gasteiger partial charge in [-0.25, -0.2) is 4.39 Å². The van der Waals surface area contributed by atoms with Gasteiger partial charge in [-0.3, -0.25) is 14.6 Å². The molecule has 13 heteroatoms. The van der Waals surface area contributed by atoms with E-state index in [0.717, 1.165) is 4.90 Å². The molecule has 2 atom stereocenters. The fraction of sp³-hybridized carbons (Fsp3) is 0.367. The fourth-order valence-corrected chi connectivity index (χ4v) is 5.23. The molecule has 0 spiro atoms. The maximum absolute atomic E-state index is 14.0. The first-order valence-electron chi connectivity index (χ1n) is 13.1. The van der Waals surface area contributed by atoms with E-state index < -0.39 is 64.6 Å². The number of carbonyl (C=O) groups is 2. The molecule has 3 aromatic rings. The van der Waals surface area contributed by atoms with E-state index in [4.69, 9.17) is 0 Å². The van der Waals surface area contributed by atoms with Crippen LogP contribution in [0.15, 0.2) is 48.7 Å². The predicted octanol–water partition coefficient (Wildman–Crippen LogP) is 6.00. The molecule has 1 saturated heterocycles. The third-order valence-electron chi connectivity index (χ3n) is 7.79. The van der Waals surface area contributed by atoms with Crippen molar-refractivity contribution in [3.05, 3.63) is 82.4 Å². The number of likely N-dealkylation sites (N-methyl/N-ethyl adjacent to an activating group) is 1. The fourth-order valence-electron chi connectivity index (χ4n) is 5.23. The van der Waals surface area contributed by atoms with Gasteiger partial charge in [-0.05, 0) is 73.9 Å². The Morgan fingerprint density at radius 3 is 2.09 bits per heavy atom. The minimum Gasteiger partial charge on any atom is -0.396 e. The van der Waals surface area contributed by atoms with Gasteiger partial charge in [-0.2, -0.15) is 26.3 Å². The first-order valence-corrected chi connectivity index (χ1v) is 13.1. The van der Waals surface area contributed by atoms with Crippen LogP contribution in [0.3, 0.4) is 0 Å². The topological polar surface area (TPSA) is 82.5 Å². The molecular weight excluding hydrogens is 583 g/mol. The van der Waals surface area contributed by atoms with E-state index in [1.54, 1.807) is 13.0 Å². The lowest BCUT2D eigenvalue weighted by atomic mass is 9.81. The van der Waals surface area contributed by atoms with Crippen molar-refractivity contribution < 1.29 is 45.4 Å². The van der Waals surface area contributed by atoms with Gasteiger partial charge >= 0.3 is 12.4 Å². The molecule has 1 aromatic heterocycles. The number of pyridine rings is 1. The lowest BCUT2D eigenvalue weighted by Crippen LogP contribution is -2.42. The van der Waals surface area contributed by atoms with Crippen LogP contribution in [0, 0.1) is 18.7 Å². The maximum Gasteiger partial charge on any atom is 0.416 e. The van der Waals surface area contributed by atoms with E-state index >= 15 is 0 Å². The van der Waals surface area contributed by atoms with Crippen molar-refractivity contribution in [3.8, 4) is 11.1 Å². The number of rotatable bonds is 6. The van der Waals surface area contributed by atoms with Crippen molar-refractivity contribution in [2.45, 2.75) is 44.5 Å². The number of aliphatic hydroxyl groups is 1. The van der Waals surface area contributed by atoms with Crippen LogP contribution in [0.4, 0.5) is 36.4 Å². The second-order valence-corrected chi connectivity index (χ2v) is 11.0. The number of hydrogen-bond acceptors (Lipinski definition) is 4. The molecule has 2 amide bonds. The van der Waals surface area contributed by atoms with Crippen LogP contribution in [0.25, 0.3) is 11.1 Å². The summed E-state index contributed by atoms with van der Waals surface area (Å²) in [7, 11) is 1.30. The Kier molecular flexibility index (Phi) is 8.35. The quantitative estimate of drug-likeness (QED) is 0.336. The highest BCUT2D eigenvalue weighted by Gasteiger charge is 2.42. The highest BCUT2D eigenvalue weighted by Crippen LogP contribution is 2.41. The van der Waals surface area contributed by atoms with Gasteiger partial charge in [0, 0.05) is 30.8 Å².